The average Bonchev–Trinajstić information content (AvgIpc) is 3.10. The number of hydrogen-bond acceptors (Lipinski definition) is 6. The van der Waals surface area contributed by atoms with Crippen molar-refractivity contribution in [3.8, 4) is 5.88 Å². The Labute approximate surface area is 158 Å². The lowest BCUT2D eigenvalue weighted by atomic mass is 10.1. The number of ether oxygens (including phenoxy) is 2. The first-order valence-electron chi connectivity index (χ1n) is 9.18. The quantitative estimate of drug-likeness (QED) is 0.749. The van der Waals surface area contributed by atoms with Crippen molar-refractivity contribution in [1.82, 2.24) is 15.0 Å². The Hall–Kier alpha value is -1.92. The van der Waals surface area contributed by atoms with Crippen molar-refractivity contribution in [3.63, 3.8) is 0 Å². The van der Waals surface area contributed by atoms with Crippen LogP contribution in [0.4, 0.5) is 5.82 Å². The van der Waals surface area contributed by atoms with Crippen LogP contribution in [0.1, 0.15) is 25.3 Å². The van der Waals surface area contributed by atoms with Gasteiger partial charge in [-0.2, -0.15) is 0 Å². The summed E-state index contributed by atoms with van der Waals surface area (Å²) in [7, 11) is 0. The Morgan fingerprint density at radius 1 is 1.31 bits per heavy atom. The second-order valence-electron chi connectivity index (χ2n) is 6.83. The molecule has 1 saturated carbocycles. The van der Waals surface area contributed by atoms with E-state index in [1.807, 2.05) is 24.4 Å². The summed E-state index contributed by atoms with van der Waals surface area (Å²) >= 11 is 6.08. The van der Waals surface area contributed by atoms with Crippen molar-refractivity contribution >= 4 is 17.4 Å². The van der Waals surface area contributed by atoms with Crippen LogP contribution in [0.25, 0.3) is 0 Å². The van der Waals surface area contributed by atoms with Crippen LogP contribution in [0.15, 0.2) is 30.6 Å². The van der Waals surface area contributed by atoms with Gasteiger partial charge in [-0.15, -0.1) is 0 Å². The van der Waals surface area contributed by atoms with E-state index >= 15 is 0 Å². The highest BCUT2D eigenvalue weighted by Gasteiger charge is 2.42. The number of morpholine rings is 1. The first kappa shape index (κ1) is 17.5. The van der Waals surface area contributed by atoms with Crippen molar-refractivity contribution in [3.05, 3.63) is 41.4 Å². The van der Waals surface area contributed by atoms with E-state index < -0.39 is 0 Å². The summed E-state index contributed by atoms with van der Waals surface area (Å²) in [6.45, 7) is 4.31. The van der Waals surface area contributed by atoms with Gasteiger partial charge < -0.3 is 14.4 Å². The van der Waals surface area contributed by atoms with E-state index in [2.05, 4.69) is 26.8 Å². The van der Waals surface area contributed by atoms with Gasteiger partial charge in [-0.3, -0.25) is 0 Å². The predicted octanol–water partition coefficient (Wildman–Crippen LogP) is 3.15. The number of nitrogens with zero attached hydrogens (tertiary/aromatic N) is 4. The Morgan fingerprint density at radius 3 is 3.04 bits per heavy atom. The molecule has 7 heteroatoms. The van der Waals surface area contributed by atoms with Crippen molar-refractivity contribution in [2.75, 3.05) is 24.7 Å². The molecule has 0 unspecified atom stereocenters. The van der Waals surface area contributed by atoms with Gasteiger partial charge in [0.25, 0.3) is 0 Å². The number of pyridine rings is 1. The molecular weight excluding hydrogens is 352 g/mol. The lowest BCUT2D eigenvalue weighted by Crippen LogP contribution is -2.49. The van der Waals surface area contributed by atoms with Gasteiger partial charge in [-0.25, -0.2) is 15.0 Å². The molecular formula is C19H23ClN4O2. The summed E-state index contributed by atoms with van der Waals surface area (Å²) in [6.07, 6.45) is 6.69. The van der Waals surface area contributed by atoms with E-state index in [1.165, 1.54) is 0 Å². The Kier molecular flexibility index (Phi) is 5.22. The minimum Gasteiger partial charge on any atom is -0.477 e. The van der Waals surface area contributed by atoms with Gasteiger partial charge in [0.15, 0.2) is 0 Å². The van der Waals surface area contributed by atoms with Crippen LogP contribution in [-0.2, 0) is 11.2 Å². The molecule has 0 amide bonds. The zero-order valence-corrected chi connectivity index (χ0v) is 15.6. The van der Waals surface area contributed by atoms with Gasteiger partial charge in [-0.1, -0.05) is 13.0 Å². The van der Waals surface area contributed by atoms with E-state index in [4.69, 9.17) is 21.1 Å². The number of aryl methyl sites for hydroxylation is 1. The maximum Gasteiger partial charge on any atom is 0.224 e. The van der Waals surface area contributed by atoms with Crippen LogP contribution < -0.4 is 9.64 Å². The van der Waals surface area contributed by atoms with Crippen LogP contribution in [0.3, 0.4) is 0 Å². The number of fused-ring (bicyclic) bond motifs is 1. The average molecular weight is 375 g/mol. The molecule has 2 fully saturated rings. The topological polar surface area (TPSA) is 60.4 Å². The summed E-state index contributed by atoms with van der Waals surface area (Å²) in [5.41, 5.74) is 1.13. The number of hydrogen-bond donors (Lipinski definition) is 0. The molecule has 138 valence electrons. The minimum atomic E-state index is 0.208. The lowest BCUT2D eigenvalue weighted by molar-refractivity contribution is 0.0229. The van der Waals surface area contributed by atoms with Crippen LogP contribution in [0.5, 0.6) is 5.88 Å². The molecule has 2 aromatic rings. The summed E-state index contributed by atoms with van der Waals surface area (Å²) in [4.78, 5) is 15.3. The van der Waals surface area contributed by atoms with E-state index in [0.717, 1.165) is 37.2 Å². The molecule has 2 aromatic heterocycles. The second kappa shape index (κ2) is 7.76. The van der Waals surface area contributed by atoms with Crippen LogP contribution >= 0.6 is 11.6 Å². The van der Waals surface area contributed by atoms with Crippen molar-refractivity contribution < 1.29 is 9.47 Å². The Morgan fingerprint density at radius 2 is 2.23 bits per heavy atom. The third-order valence-corrected chi connectivity index (χ3v) is 5.39. The first-order valence-corrected chi connectivity index (χ1v) is 9.56. The van der Waals surface area contributed by atoms with Crippen LogP contribution in [-0.4, -0.2) is 46.9 Å². The van der Waals surface area contributed by atoms with Gasteiger partial charge in [0, 0.05) is 30.6 Å². The van der Waals surface area contributed by atoms with E-state index in [1.54, 1.807) is 6.20 Å². The maximum atomic E-state index is 6.08. The molecule has 1 aliphatic carbocycles. The summed E-state index contributed by atoms with van der Waals surface area (Å²) in [5.74, 6) is 2.07. The molecule has 0 bridgehead atoms. The summed E-state index contributed by atoms with van der Waals surface area (Å²) < 4.78 is 11.9. The van der Waals surface area contributed by atoms with Gasteiger partial charge in [0.2, 0.25) is 11.2 Å². The molecule has 4 rings (SSSR count). The maximum absolute atomic E-state index is 6.08. The molecule has 26 heavy (non-hydrogen) atoms. The van der Waals surface area contributed by atoms with Crippen molar-refractivity contribution in [2.45, 2.75) is 38.3 Å². The Balaban J connectivity index is 1.47. The van der Waals surface area contributed by atoms with Crippen molar-refractivity contribution in [2.24, 2.45) is 5.92 Å². The lowest BCUT2D eigenvalue weighted by Gasteiger charge is -2.39. The highest BCUT2D eigenvalue weighted by atomic mass is 35.5. The number of rotatable bonds is 5. The van der Waals surface area contributed by atoms with Gasteiger partial charge in [-0.05, 0) is 42.8 Å². The summed E-state index contributed by atoms with van der Waals surface area (Å²) in [6, 6.07) is 6.02. The number of aromatic nitrogens is 3. The fraction of sp³-hybridized carbons (Fsp3) is 0.526. The molecule has 0 radical (unpaired) electrons. The third-order valence-electron chi connectivity index (χ3n) is 5.20. The van der Waals surface area contributed by atoms with E-state index in [9.17, 15) is 0 Å². The minimum absolute atomic E-state index is 0.208. The van der Waals surface area contributed by atoms with Gasteiger partial charge in [0.05, 0.1) is 25.4 Å². The monoisotopic (exact) mass is 374 g/mol. The largest absolute Gasteiger partial charge is 0.477 e. The fourth-order valence-electron chi connectivity index (χ4n) is 3.96. The van der Waals surface area contributed by atoms with Crippen molar-refractivity contribution in [1.29, 1.82) is 0 Å². The van der Waals surface area contributed by atoms with Gasteiger partial charge >= 0.3 is 0 Å². The third kappa shape index (κ3) is 3.62. The fourth-order valence-corrected chi connectivity index (χ4v) is 4.09. The van der Waals surface area contributed by atoms with Crippen LogP contribution in [0, 0.1) is 5.92 Å². The van der Waals surface area contributed by atoms with E-state index in [-0.39, 0.29) is 6.10 Å². The summed E-state index contributed by atoms with van der Waals surface area (Å²) in [5, 5.41) is 0.299. The smallest absolute Gasteiger partial charge is 0.224 e. The van der Waals surface area contributed by atoms with Gasteiger partial charge in [0.1, 0.15) is 5.82 Å². The normalized spacial score (nSPS) is 25.2. The second-order valence-corrected chi connectivity index (χ2v) is 7.17. The molecule has 1 aliphatic heterocycles. The molecule has 3 atom stereocenters. The standard InChI is InChI=1S/C19H23ClN4O2/c1-2-14-11-22-19(20)23-18(14)24-7-8-25-16-10-13(9-15(16)24)12-26-17-5-3-4-6-21-17/h3-6,11,13,15-16H,2,7-10,12H2,1H3/t13-,15+,16+/m0/s1. The molecule has 2 aliphatic rings. The highest BCUT2D eigenvalue weighted by Crippen LogP contribution is 2.37. The molecule has 0 spiro atoms. The van der Waals surface area contributed by atoms with Crippen LogP contribution in [0.2, 0.25) is 5.28 Å². The zero-order valence-electron chi connectivity index (χ0n) is 14.8. The highest BCUT2D eigenvalue weighted by molar-refractivity contribution is 6.28. The molecule has 0 aromatic carbocycles. The molecule has 0 N–H and O–H groups in total. The zero-order chi connectivity index (χ0) is 17.9. The number of anilines is 1. The predicted molar refractivity (Wildman–Crippen MR) is 99.8 cm³/mol. The number of halogens is 1. The first-order chi connectivity index (χ1) is 12.7. The SMILES string of the molecule is CCc1cnc(Cl)nc1N1CCO[C@@H]2C[C@@H](COc3ccccn3)C[C@H]21. The van der Waals surface area contributed by atoms with E-state index in [0.29, 0.717) is 36.3 Å². The molecule has 6 nitrogen and oxygen atoms in total. The molecule has 1 saturated heterocycles. The molecule has 3 heterocycles. The Bertz CT molecular complexity index is 746.